The molecular weight excluding hydrogens is 128 g/mol. The van der Waals surface area contributed by atoms with Gasteiger partial charge in [-0.3, -0.25) is 0 Å². The van der Waals surface area contributed by atoms with Crippen LogP contribution < -0.4 is 0 Å². The zero-order chi connectivity index (χ0) is 6.57. The Morgan fingerprint density at radius 2 is 2.25 bits per heavy atom. The number of rotatable bonds is 1. The zero-order valence-corrected chi connectivity index (χ0v) is 5.53. The first-order valence-electron chi connectivity index (χ1n) is 2.17. The number of allylic oxidation sites excluding steroid dienone is 2. The number of halogens is 1. The summed E-state index contributed by atoms with van der Waals surface area (Å²) in [4.78, 5) is 9.92. The fourth-order valence-corrected chi connectivity index (χ4v) is 0.307. The van der Waals surface area contributed by atoms with Crippen molar-refractivity contribution in [3.05, 3.63) is 11.8 Å². The SMILES string of the molecule is CC=C(C)OC(=O)Cl. The molecule has 3 heteroatoms. The molecule has 0 fully saturated rings. The van der Waals surface area contributed by atoms with Gasteiger partial charge in [-0.2, -0.15) is 0 Å². The average molecular weight is 135 g/mol. The van der Waals surface area contributed by atoms with E-state index in [9.17, 15) is 4.79 Å². The second kappa shape index (κ2) is 3.50. The maximum atomic E-state index is 9.92. The van der Waals surface area contributed by atoms with E-state index < -0.39 is 5.43 Å². The first-order valence-corrected chi connectivity index (χ1v) is 2.55. The normalized spacial score (nSPS) is 11.1. The van der Waals surface area contributed by atoms with Gasteiger partial charge in [0.25, 0.3) is 0 Å². The lowest BCUT2D eigenvalue weighted by molar-refractivity contribution is 0.203. The zero-order valence-electron chi connectivity index (χ0n) is 4.77. The van der Waals surface area contributed by atoms with Gasteiger partial charge in [0.15, 0.2) is 0 Å². The summed E-state index contributed by atoms with van der Waals surface area (Å²) in [5.74, 6) is 0.519. The lowest BCUT2D eigenvalue weighted by Crippen LogP contribution is -1.88. The van der Waals surface area contributed by atoms with Crippen molar-refractivity contribution in [1.82, 2.24) is 0 Å². The van der Waals surface area contributed by atoms with Gasteiger partial charge in [0.05, 0.1) is 0 Å². The highest BCUT2D eigenvalue weighted by molar-refractivity contribution is 6.61. The summed E-state index contributed by atoms with van der Waals surface area (Å²) < 4.78 is 4.39. The molecule has 0 heterocycles. The molecule has 0 N–H and O–H groups in total. The number of hydrogen-bond donors (Lipinski definition) is 0. The Kier molecular flexibility index (Phi) is 3.28. The third-order valence-corrected chi connectivity index (χ3v) is 0.725. The van der Waals surface area contributed by atoms with Crippen LogP contribution in [0.25, 0.3) is 0 Å². The van der Waals surface area contributed by atoms with E-state index in [-0.39, 0.29) is 0 Å². The minimum absolute atomic E-state index is 0.519. The molecule has 2 nitrogen and oxygen atoms in total. The number of ether oxygens (including phenoxy) is 1. The van der Waals surface area contributed by atoms with E-state index in [1.54, 1.807) is 19.9 Å². The van der Waals surface area contributed by atoms with Gasteiger partial charge in [-0.05, 0) is 19.9 Å². The molecule has 0 saturated carbocycles. The Hall–Kier alpha value is -0.500. The van der Waals surface area contributed by atoms with Crippen molar-refractivity contribution in [1.29, 1.82) is 0 Å². The van der Waals surface area contributed by atoms with Crippen molar-refractivity contribution < 1.29 is 9.53 Å². The third-order valence-electron chi connectivity index (χ3n) is 0.648. The molecule has 0 rings (SSSR count). The number of carbonyl (C=O) groups is 1. The van der Waals surface area contributed by atoms with Crippen LogP contribution in [0.4, 0.5) is 4.79 Å². The summed E-state index contributed by atoms with van der Waals surface area (Å²) >= 11 is 4.85. The maximum absolute atomic E-state index is 9.92. The molecular formula is C5H7ClO2. The minimum Gasteiger partial charge on any atom is -0.420 e. The molecule has 0 saturated heterocycles. The molecule has 0 atom stereocenters. The number of carbonyl (C=O) groups excluding carboxylic acids is 1. The molecule has 0 amide bonds. The first kappa shape index (κ1) is 7.50. The fraction of sp³-hybridized carbons (Fsp3) is 0.400. The van der Waals surface area contributed by atoms with E-state index in [4.69, 9.17) is 11.6 Å². The van der Waals surface area contributed by atoms with Crippen LogP contribution in [-0.4, -0.2) is 5.43 Å². The van der Waals surface area contributed by atoms with E-state index in [1.807, 2.05) is 0 Å². The average Bonchev–Trinajstić information content (AvgIpc) is 1.65. The molecule has 0 unspecified atom stereocenters. The van der Waals surface area contributed by atoms with Gasteiger partial charge in [-0.15, -0.1) is 0 Å². The Balaban J connectivity index is 3.56. The largest absolute Gasteiger partial charge is 0.420 e. The standard InChI is InChI=1S/C5H7ClO2/c1-3-4(2)8-5(6)7/h3H,1-2H3. The van der Waals surface area contributed by atoms with E-state index in [1.165, 1.54) is 0 Å². The Bertz CT molecular complexity index is 118. The first-order chi connectivity index (χ1) is 3.66. The Morgan fingerprint density at radius 3 is 2.38 bits per heavy atom. The second-order valence-corrected chi connectivity index (χ2v) is 1.55. The molecule has 0 aliphatic rings. The van der Waals surface area contributed by atoms with E-state index in [0.717, 1.165) is 0 Å². The summed E-state index contributed by atoms with van der Waals surface area (Å²) in [7, 11) is 0. The van der Waals surface area contributed by atoms with Crippen LogP contribution in [0.15, 0.2) is 11.8 Å². The Morgan fingerprint density at radius 1 is 1.75 bits per heavy atom. The van der Waals surface area contributed by atoms with Crippen molar-refractivity contribution in [2.24, 2.45) is 0 Å². The molecule has 0 aromatic carbocycles. The van der Waals surface area contributed by atoms with Gasteiger partial charge >= 0.3 is 5.43 Å². The van der Waals surface area contributed by atoms with Crippen LogP contribution in [0.5, 0.6) is 0 Å². The van der Waals surface area contributed by atoms with Crippen molar-refractivity contribution in [3.63, 3.8) is 0 Å². The molecule has 0 spiro atoms. The molecule has 0 aromatic rings. The molecule has 0 radical (unpaired) electrons. The summed E-state index contributed by atoms with van der Waals surface area (Å²) in [5.41, 5.74) is -0.791. The molecule has 0 bridgehead atoms. The number of hydrogen-bond acceptors (Lipinski definition) is 2. The molecule has 0 aromatic heterocycles. The molecule has 0 aliphatic carbocycles. The van der Waals surface area contributed by atoms with Crippen LogP contribution in [0.2, 0.25) is 0 Å². The van der Waals surface area contributed by atoms with Gasteiger partial charge < -0.3 is 4.74 Å². The van der Waals surface area contributed by atoms with Gasteiger partial charge in [-0.1, -0.05) is 0 Å². The second-order valence-electron chi connectivity index (χ2n) is 1.24. The van der Waals surface area contributed by atoms with Gasteiger partial charge in [0.1, 0.15) is 5.76 Å². The predicted molar refractivity (Wildman–Crippen MR) is 31.8 cm³/mol. The lowest BCUT2D eigenvalue weighted by Gasteiger charge is -1.94. The Labute approximate surface area is 53.1 Å². The maximum Gasteiger partial charge on any atom is 0.408 e. The van der Waals surface area contributed by atoms with Gasteiger partial charge in [0.2, 0.25) is 0 Å². The topological polar surface area (TPSA) is 26.3 Å². The predicted octanol–water partition coefficient (Wildman–Crippen LogP) is 2.29. The molecule has 8 heavy (non-hydrogen) atoms. The van der Waals surface area contributed by atoms with Crippen LogP contribution in [0.3, 0.4) is 0 Å². The summed E-state index contributed by atoms with van der Waals surface area (Å²) in [5, 5.41) is 0. The monoisotopic (exact) mass is 134 g/mol. The van der Waals surface area contributed by atoms with E-state index >= 15 is 0 Å². The van der Waals surface area contributed by atoms with E-state index in [0.29, 0.717) is 5.76 Å². The van der Waals surface area contributed by atoms with Crippen LogP contribution in [0, 0.1) is 0 Å². The smallest absolute Gasteiger partial charge is 0.408 e. The summed E-state index contributed by atoms with van der Waals surface area (Å²) in [6.07, 6.45) is 1.65. The quantitative estimate of drug-likeness (QED) is 0.406. The molecule has 0 aliphatic heterocycles. The van der Waals surface area contributed by atoms with Gasteiger partial charge in [-0.25, -0.2) is 4.79 Å². The highest BCUT2D eigenvalue weighted by Gasteiger charge is 1.93. The fourth-order valence-electron chi connectivity index (χ4n) is 0.185. The molecule has 46 valence electrons. The van der Waals surface area contributed by atoms with Crippen molar-refractivity contribution >= 4 is 17.0 Å². The van der Waals surface area contributed by atoms with Crippen LogP contribution in [-0.2, 0) is 4.74 Å². The van der Waals surface area contributed by atoms with Crippen LogP contribution in [0.1, 0.15) is 13.8 Å². The van der Waals surface area contributed by atoms with Crippen molar-refractivity contribution in [2.45, 2.75) is 13.8 Å². The van der Waals surface area contributed by atoms with Crippen LogP contribution >= 0.6 is 11.6 Å². The van der Waals surface area contributed by atoms with Gasteiger partial charge in [0, 0.05) is 11.6 Å². The third kappa shape index (κ3) is 3.68. The van der Waals surface area contributed by atoms with Crippen molar-refractivity contribution in [3.8, 4) is 0 Å². The lowest BCUT2D eigenvalue weighted by atomic mass is 10.5. The van der Waals surface area contributed by atoms with E-state index in [2.05, 4.69) is 4.74 Å². The van der Waals surface area contributed by atoms with Crippen molar-refractivity contribution in [2.75, 3.05) is 0 Å². The highest BCUT2D eigenvalue weighted by atomic mass is 35.5. The minimum atomic E-state index is -0.791. The highest BCUT2D eigenvalue weighted by Crippen LogP contribution is 1.97. The summed E-state index contributed by atoms with van der Waals surface area (Å²) in [6.45, 7) is 3.41. The summed E-state index contributed by atoms with van der Waals surface area (Å²) in [6, 6.07) is 0.